The number of anilines is 2. The lowest BCUT2D eigenvalue weighted by molar-refractivity contribution is -0.143. The first-order valence-corrected chi connectivity index (χ1v) is 11.4. The van der Waals surface area contributed by atoms with E-state index in [1.54, 1.807) is 0 Å². The highest BCUT2D eigenvalue weighted by Crippen LogP contribution is 2.47. The lowest BCUT2D eigenvalue weighted by atomic mass is 10.1. The Morgan fingerprint density at radius 3 is 2.44 bits per heavy atom. The highest BCUT2D eigenvalue weighted by atomic mass is 35.5. The molecule has 2 heterocycles. The molecule has 1 unspecified atom stereocenters. The van der Waals surface area contributed by atoms with Crippen LogP contribution in [0.3, 0.4) is 0 Å². The Bertz CT molecular complexity index is 1240. The number of carbonyl (C=O) groups is 2. The van der Waals surface area contributed by atoms with Crippen molar-refractivity contribution in [2.24, 2.45) is 0 Å². The number of aromatic nitrogens is 1. The number of carbonyl (C=O) groups excluding carboxylic acids is 2. The van der Waals surface area contributed by atoms with E-state index in [1.165, 1.54) is 7.05 Å². The fraction of sp³-hybridized carbons (Fsp3) is 0.409. The molecule has 1 atom stereocenters. The van der Waals surface area contributed by atoms with Crippen LogP contribution in [0.15, 0.2) is 24.3 Å². The van der Waals surface area contributed by atoms with Crippen LogP contribution in [0.1, 0.15) is 11.1 Å². The first-order chi connectivity index (χ1) is 18.0. The molecule has 1 aromatic heterocycles. The number of halogens is 8. The first kappa shape index (κ1) is 30.2. The van der Waals surface area contributed by atoms with E-state index in [1.807, 2.05) is 0 Å². The van der Waals surface area contributed by atoms with Gasteiger partial charge in [-0.3, -0.25) is 9.80 Å². The van der Waals surface area contributed by atoms with Crippen molar-refractivity contribution in [3.05, 3.63) is 46.4 Å². The number of rotatable bonds is 7. The molecule has 0 saturated carbocycles. The summed E-state index contributed by atoms with van der Waals surface area (Å²) >= 11 is 5.57. The van der Waals surface area contributed by atoms with Gasteiger partial charge in [0.1, 0.15) is 11.4 Å². The highest BCUT2D eigenvalue weighted by molar-refractivity contribution is 6.29. The number of hydrogen-bond donors (Lipinski definition) is 2. The molecular formula is C22H21ClF7N5O4. The van der Waals surface area contributed by atoms with E-state index in [-0.39, 0.29) is 44.1 Å². The van der Waals surface area contributed by atoms with Gasteiger partial charge in [0.15, 0.2) is 16.7 Å². The summed E-state index contributed by atoms with van der Waals surface area (Å²) in [4.78, 5) is 31.5. The number of benzene rings is 1. The average molecular weight is 588 g/mol. The predicted molar refractivity (Wildman–Crippen MR) is 124 cm³/mol. The van der Waals surface area contributed by atoms with Gasteiger partial charge in [-0.1, -0.05) is 11.6 Å². The third-order valence-electron chi connectivity index (χ3n) is 5.55. The van der Waals surface area contributed by atoms with Crippen LogP contribution in [0.4, 0.5) is 51.8 Å². The third kappa shape index (κ3) is 6.80. The summed E-state index contributed by atoms with van der Waals surface area (Å²) in [6, 6.07) is 0.776. The third-order valence-corrected chi connectivity index (χ3v) is 5.82. The average Bonchev–Trinajstić information content (AvgIpc) is 3.18. The van der Waals surface area contributed by atoms with Gasteiger partial charge >= 0.3 is 24.5 Å². The maximum Gasteiger partial charge on any atom is 0.420 e. The zero-order valence-electron chi connectivity index (χ0n) is 20.2. The standard InChI is InChI=1S/C22H21ClF7N5O4/c1-31-9-12(36)10-34-5-6-35(19(34)37)15-8-11(21(25,26)27)7-13(22(28,29)30)17(15)39-20(38)33(2)16-4-3-14(24)18(23)32-16/h3-4,7-8,12,31,36H,5-6,9-10H2,1-2H3. The summed E-state index contributed by atoms with van der Waals surface area (Å²) in [6.07, 6.45) is -13.3. The topological polar surface area (TPSA) is 98.2 Å². The second-order valence-corrected chi connectivity index (χ2v) is 8.69. The molecule has 1 saturated heterocycles. The number of aliphatic hydroxyl groups is 1. The van der Waals surface area contributed by atoms with Gasteiger partial charge in [-0.05, 0) is 31.3 Å². The van der Waals surface area contributed by atoms with Crippen LogP contribution in [0.25, 0.3) is 0 Å². The molecule has 0 aliphatic carbocycles. The van der Waals surface area contributed by atoms with Crippen LogP contribution in [0.2, 0.25) is 5.15 Å². The number of urea groups is 1. The molecule has 2 N–H and O–H groups in total. The summed E-state index contributed by atoms with van der Waals surface area (Å²) in [5.41, 5.74) is -4.69. The van der Waals surface area contributed by atoms with Gasteiger partial charge < -0.3 is 20.1 Å². The molecule has 3 rings (SSSR count). The first-order valence-electron chi connectivity index (χ1n) is 11.0. The van der Waals surface area contributed by atoms with Crippen molar-refractivity contribution < 1.29 is 50.2 Å². The SMILES string of the molecule is CNCC(O)CN1CCN(c2cc(C(F)(F)F)cc(C(F)(F)F)c2OC(=O)N(C)c2ccc(F)c(Cl)n2)C1=O. The molecule has 1 aliphatic heterocycles. The van der Waals surface area contributed by atoms with E-state index >= 15 is 0 Å². The number of likely N-dealkylation sites (N-methyl/N-ethyl adjacent to an activating group) is 1. The molecule has 2 aromatic rings. The Hall–Kier alpha value is -3.37. The van der Waals surface area contributed by atoms with Crippen molar-refractivity contribution in [2.45, 2.75) is 18.5 Å². The smallest absolute Gasteiger partial charge is 0.407 e. The molecule has 214 valence electrons. The summed E-state index contributed by atoms with van der Waals surface area (Å²) < 4.78 is 101. The molecule has 17 heteroatoms. The van der Waals surface area contributed by atoms with E-state index < -0.39 is 64.1 Å². The molecule has 0 radical (unpaired) electrons. The van der Waals surface area contributed by atoms with Gasteiger partial charge in [0, 0.05) is 33.2 Å². The van der Waals surface area contributed by atoms with Crippen LogP contribution in [-0.4, -0.2) is 73.5 Å². The number of pyridine rings is 1. The van der Waals surface area contributed by atoms with Gasteiger partial charge in [0.05, 0.1) is 17.4 Å². The van der Waals surface area contributed by atoms with Crippen LogP contribution in [0, 0.1) is 5.82 Å². The lowest BCUT2D eigenvalue weighted by Gasteiger charge is -2.26. The van der Waals surface area contributed by atoms with Crippen molar-refractivity contribution in [1.29, 1.82) is 0 Å². The maximum atomic E-state index is 14.0. The van der Waals surface area contributed by atoms with Gasteiger partial charge in [0.2, 0.25) is 0 Å². The Morgan fingerprint density at radius 2 is 1.87 bits per heavy atom. The highest BCUT2D eigenvalue weighted by Gasteiger charge is 2.44. The van der Waals surface area contributed by atoms with Gasteiger partial charge in [-0.25, -0.2) is 19.0 Å². The fourth-order valence-electron chi connectivity index (χ4n) is 3.67. The molecule has 39 heavy (non-hydrogen) atoms. The van der Waals surface area contributed by atoms with Crippen molar-refractivity contribution in [3.8, 4) is 5.75 Å². The Morgan fingerprint density at radius 1 is 1.21 bits per heavy atom. The van der Waals surface area contributed by atoms with Crippen molar-refractivity contribution in [3.63, 3.8) is 0 Å². The largest absolute Gasteiger partial charge is 0.420 e. The summed E-state index contributed by atoms with van der Waals surface area (Å²) in [6.45, 7) is -0.736. The number of nitrogens with zero attached hydrogens (tertiary/aromatic N) is 4. The minimum absolute atomic E-state index is 0.0577. The molecule has 1 aliphatic rings. The quantitative estimate of drug-likeness (QED) is 0.369. The summed E-state index contributed by atoms with van der Waals surface area (Å²) in [5.74, 6) is -2.68. The Balaban J connectivity index is 2.09. The van der Waals surface area contributed by atoms with Gasteiger partial charge in [-0.15, -0.1) is 0 Å². The fourth-order valence-corrected chi connectivity index (χ4v) is 3.82. The van der Waals surface area contributed by atoms with Crippen LogP contribution in [-0.2, 0) is 12.4 Å². The Labute approximate surface area is 221 Å². The summed E-state index contributed by atoms with van der Waals surface area (Å²) in [5, 5.41) is 12.0. The maximum absolute atomic E-state index is 14.0. The zero-order chi connectivity index (χ0) is 29.3. The number of ether oxygens (including phenoxy) is 1. The van der Waals surface area contributed by atoms with E-state index in [4.69, 9.17) is 16.3 Å². The summed E-state index contributed by atoms with van der Waals surface area (Å²) in [7, 11) is 2.51. The number of β-amino-alcohol motifs (C(OH)–C–C–N with tert-alkyl or cyclic N) is 1. The second kappa shape index (κ2) is 11.4. The molecule has 0 spiro atoms. The molecule has 0 bridgehead atoms. The number of aliphatic hydroxyl groups excluding tert-OH is 1. The predicted octanol–water partition coefficient (Wildman–Crippen LogP) is 4.37. The van der Waals surface area contributed by atoms with E-state index in [9.17, 15) is 45.4 Å². The van der Waals surface area contributed by atoms with Crippen molar-refractivity contribution in [1.82, 2.24) is 15.2 Å². The second-order valence-electron chi connectivity index (χ2n) is 8.33. The van der Waals surface area contributed by atoms with Gasteiger partial charge in [0.25, 0.3) is 0 Å². The Kier molecular flexibility index (Phi) is 8.82. The minimum Gasteiger partial charge on any atom is -0.407 e. The van der Waals surface area contributed by atoms with Crippen molar-refractivity contribution >= 4 is 35.2 Å². The monoisotopic (exact) mass is 587 g/mol. The van der Waals surface area contributed by atoms with Gasteiger partial charge in [-0.2, -0.15) is 26.3 Å². The number of hydrogen-bond acceptors (Lipinski definition) is 6. The molecule has 1 aromatic carbocycles. The van der Waals surface area contributed by atoms with Crippen molar-refractivity contribution in [2.75, 3.05) is 50.1 Å². The van der Waals surface area contributed by atoms with Crippen LogP contribution >= 0.6 is 11.6 Å². The lowest BCUT2D eigenvalue weighted by Crippen LogP contribution is -2.40. The van der Waals surface area contributed by atoms with Crippen LogP contribution in [0.5, 0.6) is 5.75 Å². The zero-order valence-corrected chi connectivity index (χ0v) is 21.0. The molecule has 3 amide bonds. The molecular weight excluding hydrogens is 567 g/mol. The number of nitrogens with one attached hydrogen (secondary N) is 1. The minimum atomic E-state index is -5.45. The molecule has 1 fully saturated rings. The normalized spacial score (nSPS) is 15.1. The number of alkyl halides is 6. The molecule has 9 nitrogen and oxygen atoms in total. The van der Waals surface area contributed by atoms with E-state index in [0.717, 1.165) is 24.1 Å². The van der Waals surface area contributed by atoms with E-state index in [2.05, 4.69) is 10.3 Å². The van der Waals surface area contributed by atoms with E-state index in [0.29, 0.717) is 9.80 Å². The van der Waals surface area contributed by atoms with Crippen LogP contribution < -0.4 is 19.9 Å². The number of amides is 3.